The molecule has 0 aromatic carbocycles. The summed E-state index contributed by atoms with van der Waals surface area (Å²) >= 11 is 0. The Bertz CT molecular complexity index is 341. The Balaban J connectivity index is 2.48. The van der Waals surface area contributed by atoms with Gasteiger partial charge in [-0.15, -0.1) is 5.73 Å². The molecule has 0 N–H and O–H groups in total. The van der Waals surface area contributed by atoms with Crippen LogP contribution in [0.1, 0.15) is 20.8 Å². The van der Waals surface area contributed by atoms with E-state index in [1.165, 1.54) is 11.1 Å². The molecule has 62 valence electrons. The number of hydrogen-bond donors (Lipinski definition) is 0. The molecule has 1 aliphatic carbocycles. The molecule has 0 spiro atoms. The standard InChI is InChI=1S/C10H12N2/c1-6-4-9-8(3)11-5-12-10(9)7(6)2/h5,7,10H,1-3H3. The lowest BCUT2D eigenvalue weighted by Crippen LogP contribution is -2.21. The molecule has 0 fully saturated rings. The highest BCUT2D eigenvalue weighted by Gasteiger charge is 2.29. The van der Waals surface area contributed by atoms with Crippen LogP contribution in [0, 0.1) is 5.92 Å². The maximum Gasteiger partial charge on any atom is 0.111 e. The van der Waals surface area contributed by atoms with Crippen molar-refractivity contribution >= 4 is 12.1 Å². The van der Waals surface area contributed by atoms with Crippen molar-refractivity contribution in [2.24, 2.45) is 15.9 Å². The molecule has 0 aromatic rings. The van der Waals surface area contributed by atoms with E-state index in [1.807, 2.05) is 6.92 Å². The summed E-state index contributed by atoms with van der Waals surface area (Å²) in [5.41, 5.74) is 6.89. The second-order valence-electron chi connectivity index (χ2n) is 3.43. The summed E-state index contributed by atoms with van der Waals surface area (Å²) in [5.74, 6) is 0.502. The molecule has 2 heteroatoms. The highest BCUT2D eigenvalue weighted by molar-refractivity contribution is 6.05. The first-order valence-electron chi connectivity index (χ1n) is 4.24. The molecule has 0 amide bonds. The zero-order valence-corrected chi connectivity index (χ0v) is 7.63. The molecule has 1 aliphatic heterocycles. The van der Waals surface area contributed by atoms with Crippen molar-refractivity contribution < 1.29 is 0 Å². The van der Waals surface area contributed by atoms with Crippen molar-refractivity contribution in [2.45, 2.75) is 26.8 Å². The van der Waals surface area contributed by atoms with Gasteiger partial charge in [0.1, 0.15) is 6.34 Å². The van der Waals surface area contributed by atoms with Gasteiger partial charge in [-0.2, -0.15) is 0 Å². The Morgan fingerprint density at radius 3 is 2.83 bits per heavy atom. The molecule has 0 bridgehead atoms. The fourth-order valence-electron chi connectivity index (χ4n) is 1.66. The maximum atomic E-state index is 4.34. The Hall–Kier alpha value is -1.14. The SMILES string of the molecule is CC1=C=C2C(C)=NC=NC2C1C. The fraction of sp³-hybridized carbons (Fsp3) is 0.500. The molecule has 1 heterocycles. The predicted molar refractivity (Wildman–Crippen MR) is 50.8 cm³/mol. The number of rotatable bonds is 0. The van der Waals surface area contributed by atoms with Crippen LogP contribution in [0.2, 0.25) is 0 Å². The van der Waals surface area contributed by atoms with Crippen molar-refractivity contribution in [1.29, 1.82) is 0 Å². The minimum Gasteiger partial charge on any atom is -0.264 e. The van der Waals surface area contributed by atoms with Crippen LogP contribution in [-0.2, 0) is 0 Å². The Morgan fingerprint density at radius 2 is 2.17 bits per heavy atom. The van der Waals surface area contributed by atoms with Crippen LogP contribution in [0.15, 0.2) is 26.9 Å². The highest BCUT2D eigenvalue weighted by atomic mass is 14.9. The van der Waals surface area contributed by atoms with Crippen LogP contribution < -0.4 is 0 Å². The number of fused-ring (bicyclic) bond motifs is 1. The summed E-state index contributed by atoms with van der Waals surface area (Å²) in [5, 5.41) is 0. The predicted octanol–water partition coefficient (Wildman–Crippen LogP) is 1.98. The lowest BCUT2D eigenvalue weighted by molar-refractivity contribution is 0.609. The van der Waals surface area contributed by atoms with E-state index in [1.54, 1.807) is 6.34 Å². The van der Waals surface area contributed by atoms with Gasteiger partial charge >= 0.3 is 0 Å². The molecular formula is C10H12N2. The monoisotopic (exact) mass is 160 g/mol. The summed E-state index contributed by atoms with van der Waals surface area (Å²) < 4.78 is 0. The van der Waals surface area contributed by atoms with Crippen molar-refractivity contribution in [3.8, 4) is 0 Å². The summed E-state index contributed by atoms with van der Waals surface area (Å²) in [4.78, 5) is 8.49. The van der Waals surface area contributed by atoms with Crippen LogP contribution >= 0.6 is 0 Å². The molecule has 2 aliphatic rings. The molecule has 0 radical (unpaired) electrons. The van der Waals surface area contributed by atoms with Gasteiger partial charge in [-0.1, -0.05) is 6.92 Å². The molecular weight excluding hydrogens is 148 g/mol. The van der Waals surface area contributed by atoms with E-state index in [4.69, 9.17) is 0 Å². The molecule has 2 nitrogen and oxygen atoms in total. The molecule has 0 aromatic heterocycles. The van der Waals surface area contributed by atoms with E-state index in [2.05, 4.69) is 29.6 Å². The molecule has 2 unspecified atom stereocenters. The van der Waals surface area contributed by atoms with Crippen LogP contribution in [0.5, 0.6) is 0 Å². The van der Waals surface area contributed by atoms with E-state index < -0.39 is 0 Å². The van der Waals surface area contributed by atoms with Crippen LogP contribution in [0.3, 0.4) is 0 Å². The van der Waals surface area contributed by atoms with Crippen molar-refractivity contribution in [3.63, 3.8) is 0 Å². The molecule has 2 atom stereocenters. The molecule has 2 rings (SSSR count). The van der Waals surface area contributed by atoms with Gasteiger partial charge in [-0.05, 0) is 19.4 Å². The number of aliphatic imine (C=N–C) groups is 2. The van der Waals surface area contributed by atoms with E-state index in [-0.39, 0.29) is 0 Å². The quantitative estimate of drug-likeness (QED) is 0.484. The minimum atomic E-state index is 0.294. The van der Waals surface area contributed by atoms with Gasteiger partial charge in [0, 0.05) is 11.5 Å². The van der Waals surface area contributed by atoms with E-state index in [0.717, 1.165) is 5.71 Å². The fourth-order valence-corrected chi connectivity index (χ4v) is 1.66. The molecule has 0 saturated carbocycles. The lowest BCUT2D eigenvalue weighted by Gasteiger charge is -2.18. The topological polar surface area (TPSA) is 24.7 Å². The van der Waals surface area contributed by atoms with Gasteiger partial charge in [0.25, 0.3) is 0 Å². The Morgan fingerprint density at radius 1 is 1.42 bits per heavy atom. The van der Waals surface area contributed by atoms with Crippen molar-refractivity contribution in [1.82, 2.24) is 0 Å². The Kier molecular flexibility index (Phi) is 1.52. The van der Waals surface area contributed by atoms with Gasteiger partial charge in [-0.25, -0.2) is 4.99 Å². The maximum absolute atomic E-state index is 4.34. The minimum absolute atomic E-state index is 0.294. The lowest BCUT2D eigenvalue weighted by atomic mass is 9.95. The van der Waals surface area contributed by atoms with Crippen LogP contribution in [0.4, 0.5) is 0 Å². The summed E-state index contributed by atoms with van der Waals surface area (Å²) in [6.07, 6.45) is 1.67. The summed E-state index contributed by atoms with van der Waals surface area (Å²) in [6.45, 7) is 6.32. The zero-order chi connectivity index (χ0) is 8.72. The van der Waals surface area contributed by atoms with E-state index in [9.17, 15) is 0 Å². The zero-order valence-electron chi connectivity index (χ0n) is 7.63. The van der Waals surface area contributed by atoms with Gasteiger partial charge < -0.3 is 0 Å². The first-order chi connectivity index (χ1) is 5.70. The molecule has 12 heavy (non-hydrogen) atoms. The third kappa shape index (κ3) is 0.886. The van der Waals surface area contributed by atoms with E-state index in [0.29, 0.717) is 12.0 Å². The summed E-state index contributed by atoms with van der Waals surface area (Å²) in [7, 11) is 0. The van der Waals surface area contributed by atoms with Gasteiger partial charge in [0.05, 0.1) is 11.8 Å². The average Bonchev–Trinajstić information content (AvgIpc) is 2.32. The van der Waals surface area contributed by atoms with Gasteiger partial charge in [0.2, 0.25) is 0 Å². The van der Waals surface area contributed by atoms with Gasteiger partial charge in [-0.3, -0.25) is 4.99 Å². The Labute approximate surface area is 72.4 Å². The average molecular weight is 160 g/mol. The van der Waals surface area contributed by atoms with E-state index >= 15 is 0 Å². The first-order valence-corrected chi connectivity index (χ1v) is 4.24. The van der Waals surface area contributed by atoms with Gasteiger partial charge in [0.15, 0.2) is 0 Å². The summed E-state index contributed by atoms with van der Waals surface area (Å²) in [6, 6.07) is 0.294. The number of nitrogens with zero attached hydrogens (tertiary/aromatic N) is 2. The van der Waals surface area contributed by atoms with Crippen LogP contribution in [0.25, 0.3) is 0 Å². The number of hydrogen-bond acceptors (Lipinski definition) is 2. The highest BCUT2D eigenvalue weighted by Crippen LogP contribution is 2.30. The molecule has 0 saturated heterocycles. The van der Waals surface area contributed by atoms with Crippen molar-refractivity contribution in [3.05, 3.63) is 16.9 Å². The van der Waals surface area contributed by atoms with Crippen molar-refractivity contribution in [2.75, 3.05) is 0 Å². The first kappa shape index (κ1) is 7.51. The normalized spacial score (nSPS) is 32.4. The third-order valence-corrected chi connectivity index (χ3v) is 2.65. The largest absolute Gasteiger partial charge is 0.264 e. The second kappa shape index (κ2) is 2.43. The van der Waals surface area contributed by atoms with Crippen LogP contribution in [-0.4, -0.2) is 18.1 Å². The smallest absolute Gasteiger partial charge is 0.111 e. The third-order valence-electron chi connectivity index (χ3n) is 2.65. The second-order valence-corrected chi connectivity index (χ2v) is 3.43.